The summed E-state index contributed by atoms with van der Waals surface area (Å²) >= 11 is 0. The molecule has 132 valence electrons. The van der Waals surface area contributed by atoms with Crippen molar-refractivity contribution in [3.8, 4) is 5.75 Å². The van der Waals surface area contributed by atoms with Gasteiger partial charge in [0.05, 0.1) is 19.3 Å². The van der Waals surface area contributed by atoms with Crippen molar-refractivity contribution in [1.29, 1.82) is 0 Å². The number of hydrogen-bond acceptors (Lipinski definition) is 5. The number of carbonyl (C=O) groups is 1. The summed E-state index contributed by atoms with van der Waals surface area (Å²) in [6.07, 6.45) is 0.979. The highest BCUT2D eigenvalue weighted by Gasteiger charge is 2.16. The summed E-state index contributed by atoms with van der Waals surface area (Å²) < 4.78 is 10.4. The molecule has 1 N–H and O–H groups in total. The number of rotatable bonds is 6. The second-order valence-electron chi connectivity index (χ2n) is 5.31. The minimum Gasteiger partial charge on any atom is -0.494 e. The smallest absolute Gasteiger partial charge is 0.337 e. The van der Waals surface area contributed by atoms with Gasteiger partial charge in [0.2, 0.25) is 0 Å². The molecular formula is C16H26Cl2N2O3. The van der Waals surface area contributed by atoms with Crippen LogP contribution in [0.1, 0.15) is 23.7 Å². The molecule has 0 spiro atoms. The van der Waals surface area contributed by atoms with E-state index < -0.39 is 0 Å². The Balaban J connectivity index is 0.00000242. The lowest BCUT2D eigenvalue weighted by molar-refractivity contribution is 0.0600. The van der Waals surface area contributed by atoms with Gasteiger partial charge in [0.25, 0.3) is 0 Å². The van der Waals surface area contributed by atoms with E-state index in [0.717, 1.165) is 32.6 Å². The van der Waals surface area contributed by atoms with Crippen molar-refractivity contribution in [3.05, 3.63) is 29.8 Å². The van der Waals surface area contributed by atoms with Crippen LogP contribution in [0.3, 0.4) is 0 Å². The normalized spacial score (nSPS) is 17.6. The second-order valence-corrected chi connectivity index (χ2v) is 5.31. The van der Waals surface area contributed by atoms with Crippen molar-refractivity contribution in [1.82, 2.24) is 10.2 Å². The topological polar surface area (TPSA) is 50.8 Å². The molecule has 0 aliphatic carbocycles. The average Bonchev–Trinajstić information content (AvgIpc) is 2.52. The zero-order chi connectivity index (χ0) is 15.1. The lowest BCUT2D eigenvalue weighted by atomic mass is 10.2. The minimum atomic E-state index is -0.338. The highest BCUT2D eigenvalue weighted by atomic mass is 35.5. The van der Waals surface area contributed by atoms with Gasteiger partial charge in [-0.15, -0.1) is 24.8 Å². The maximum Gasteiger partial charge on any atom is 0.337 e. The van der Waals surface area contributed by atoms with Crippen LogP contribution < -0.4 is 10.1 Å². The molecule has 0 aromatic heterocycles. The number of carbonyl (C=O) groups excluding carboxylic acids is 1. The van der Waals surface area contributed by atoms with Crippen molar-refractivity contribution in [2.75, 3.05) is 39.9 Å². The fourth-order valence-corrected chi connectivity index (χ4v) is 2.50. The third-order valence-corrected chi connectivity index (χ3v) is 3.75. The predicted molar refractivity (Wildman–Crippen MR) is 96.3 cm³/mol. The largest absolute Gasteiger partial charge is 0.494 e. The van der Waals surface area contributed by atoms with Gasteiger partial charge in [-0.1, -0.05) is 6.07 Å². The van der Waals surface area contributed by atoms with Gasteiger partial charge in [-0.2, -0.15) is 0 Å². The molecule has 0 amide bonds. The van der Waals surface area contributed by atoms with Crippen molar-refractivity contribution in [2.24, 2.45) is 0 Å². The number of nitrogens with one attached hydrogen (secondary N) is 1. The first kappa shape index (κ1) is 22.0. The Kier molecular flexibility index (Phi) is 11.0. The van der Waals surface area contributed by atoms with Gasteiger partial charge in [-0.3, -0.25) is 4.90 Å². The summed E-state index contributed by atoms with van der Waals surface area (Å²) in [6, 6.07) is 7.70. The van der Waals surface area contributed by atoms with E-state index in [1.54, 1.807) is 18.2 Å². The Labute approximate surface area is 150 Å². The van der Waals surface area contributed by atoms with E-state index in [9.17, 15) is 4.79 Å². The quantitative estimate of drug-likeness (QED) is 0.620. The van der Waals surface area contributed by atoms with E-state index >= 15 is 0 Å². The summed E-state index contributed by atoms with van der Waals surface area (Å²) in [4.78, 5) is 13.9. The molecule has 1 fully saturated rings. The predicted octanol–water partition coefficient (Wildman–Crippen LogP) is 2.38. The van der Waals surface area contributed by atoms with Crippen molar-refractivity contribution in [3.63, 3.8) is 0 Å². The van der Waals surface area contributed by atoms with Crippen LogP contribution in [0.2, 0.25) is 0 Å². The molecule has 0 radical (unpaired) electrons. The number of nitrogens with zero attached hydrogens (tertiary/aromatic N) is 1. The zero-order valence-electron chi connectivity index (χ0n) is 13.6. The van der Waals surface area contributed by atoms with Crippen LogP contribution in [0.4, 0.5) is 0 Å². The van der Waals surface area contributed by atoms with Crippen LogP contribution in [0.15, 0.2) is 24.3 Å². The molecular weight excluding hydrogens is 339 g/mol. The Hall–Kier alpha value is -1.01. The van der Waals surface area contributed by atoms with Crippen LogP contribution in [0.5, 0.6) is 5.75 Å². The lowest BCUT2D eigenvalue weighted by Gasteiger charge is -2.33. The summed E-state index contributed by atoms with van der Waals surface area (Å²) in [5.74, 6) is 0.376. The number of methoxy groups -OCH3 is 1. The number of hydrogen-bond donors (Lipinski definition) is 1. The van der Waals surface area contributed by atoms with Gasteiger partial charge in [0.1, 0.15) is 5.75 Å². The Bertz CT molecular complexity index is 474. The first-order valence-corrected chi connectivity index (χ1v) is 7.46. The van der Waals surface area contributed by atoms with E-state index in [4.69, 9.17) is 9.47 Å². The Morgan fingerprint density at radius 2 is 2.17 bits per heavy atom. The lowest BCUT2D eigenvalue weighted by Crippen LogP contribution is -2.50. The van der Waals surface area contributed by atoms with E-state index in [1.807, 2.05) is 6.07 Å². The standard InChI is InChI=1S/C16H24N2O3.2ClH/c1-13-12-17-7-9-18(13)8-4-10-21-15-6-3-5-14(11-15)16(19)20-2;;/h3,5-6,11,13,17H,4,7-10,12H2,1-2H3;2*1H. The molecule has 1 aliphatic heterocycles. The molecule has 5 nitrogen and oxygen atoms in total. The average molecular weight is 365 g/mol. The highest BCUT2D eigenvalue weighted by Crippen LogP contribution is 2.14. The summed E-state index contributed by atoms with van der Waals surface area (Å²) in [5.41, 5.74) is 0.519. The van der Waals surface area contributed by atoms with Gasteiger partial charge in [-0.25, -0.2) is 4.79 Å². The SMILES string of the molecule is COC(=O)c1cccc(OCCCN2CCNCC2C)c1.Cl.Cl. The third kappa shape index (κ3) is 6.96. The van der Waals surface area contributed by atoms with Gasteiger partial charge >= 0.3 is 5.97 Å². The number of esters is 1. The fourth-order valence-electron chi connectivity index (χ4n) is 2.50. The van der Waals surface area contributed by atoms with E-state index in [1.165, 1.54) is 7.11 Å². The molecule has 7 heteroatoms. The molecule has 1 heterocycles. The molecule has 0 saturated carbocycles. The van der Waals surface area contributed by atoms with Crippen molar-refractivity contribution >= 4 is 30.8 Å². The third-order valence-electron chi connectivity index (χ3n) is 3.75. The molecule has 23 heavy (non-hydrogen) atoms. The maximum absolute atomic E-state index is 11.4. The monoisotopic (exact) mass is 364 g/mol. The molecule has 2 rings (SSSR count). The zero-order valence-corrected chi connectivity index (χ0v) is 15.3. The first-order chi connectivity index (χ1) is 10.2. The van der Waals surface area contributed by atoms with E-state index in [-0.39, 0.29) is 30.8 Å². The minimum absolute atomic E-state index is 0. The van der Waals surface area contributed by atoms with Crippen LogP contribution in [0, 0.1) is 0 Å². The summed E-state index contributed by atoms with van der Waals surface area (Å²) in [7, 11) is 1.38. The molecule has 1 atom stereocenters. The molecule has 1 saturated heterocycles. The van der Waals surface area contributed by atoms with Gasteiger partial charge in [0, 0.05) is 32.2 Å². The van der Waals surface area contributed by atoms with Crippen LogP contribution in [0.25, 0.3) is 0 Å². The summed E-state index contributed by atoms with van der Waals surface area (Å²) in [6.45, 7) is 7.15. The molecule has 1 aromatic carbocycles. The van der Waals surface area contributed by atoms with Crippen LogP contribution in [-0.4, -0.2) is 56.8 Å². The van der Waals surface area contributed by atoms with Crippen molar-refractivity contribution < 1.29 is 14.3 Å². The molecule has 1 unspecified atom stereocenters. The Morgan fingerprint density at radius 1 is 1.39 bits per heavy atom. The van der Waals surface area contributed by atoms with E-state index in [0.29, 0.717) is 24.0 Å². The Morgan fingerprint density at radius 3 is 2.87 bits per heavy atom. The molecule has 1 aromatic rings. The van der Waals surface area contributed by atoms with Gasteiger partial charge in [0.15, 0.2) is 0 Å². The van der Waals surface area contributed by atoms with Crippen LogP contribution in [-0.2, 0) is 4.74 Å². The fraction of sp³-hybridized carbons (Fsp3) is 0.562. The number of benzene rings is 1. The number of piperazine rings is 1. The molecule has 1 aliphatic rings. The number of halogens is 2. The van der Waals surface area contributed by atoms with E-state index in [2.05, 4.69) is 17.1 Å². The van der Waals surface area contributed by atoms with Crippen LogP contribution >= 0.6 is 24.8 Å². The van der Waals surface area contributed by atoms with Crippen molar-refractivity contribution in [2.45, 2.75) is 19.4 Å². The molecule has 0 bridgehead atoms. The second kappa shape index (κ2) is 11.5. The van der Waals surface area contributed by atoms with Gasteiger partial charge in [-0.05, 0) is 31.5 Å². The first-order valence-electron chi connectivity index (χ1n) is 7.46. The highest BCUT2D eigenvalue weighted by molar-refractivity contribution is 5.89. The maximum atomic E-state index is 11.4. The van der Waals surface area contributed by atoms with Gasteiger partial charge < -0.3 is 14.8 Å². The summed E-state index contributed by atoms with van der Waals surface area (Å²) in [5, 5.41) is 3.39. The number of ether oxygens (including phenoxy) is 2.